The molecule has 104 valence electrons. The fraction of sp³-hybridized carbons (Fsp3) is 0.357. The monoisotopic (exact) mass is 264 g/mol. The number of ether oxygens (including phenoxy) is 1. The van der Waals surface area contributed by atoms with E-state index >= 15 is 0 Å². The molecule has 0 bridgehead atoms. The molecule has 1 aromatic rings. The zero-order valence-corrected chi connectivity index (χ0v) is 10.8. The second-order valence-corrected chi connectivity index (χ2v) is 4.16. The standard InChI is InChI=1S/C14H20N2O3/c1-2-19-9-3-8-16-14(18)13(15)10-11-4-6-12(17)7-5-11/h2,4-7,13,17H,1,3,8-10,15H2,(H,16,18)/t13-/m1/s1. The van der Waals surface area contributed by atoms with E-state index in [0.717, 1.165) is 5.56 Å². The van der Waals surface area contributed by atoms with Crippen molar-refractivity contribution in [3.8, 4) is 5.75 Å². The van der Waals surface area contributed by atoms with Crippen LogP contribution >= 0.6 is 0 Å². The summed E-state index contributed by atoms with van der Waals surface area (Å²) in [6.45, 7) is 4.48. The highest BCUT2D eigenvalue weighted by Crippen LogP contribution is 2.10. The summed E-state index contributed by atoms with van der Waals surface area (Å²) in [5.74, 6) is 0.00988. The summed E-state index contributed by atoms with van der Waals surface area (Å²) in [6, 6.07) is 6.06. The molecule has 1 atom stereocenters. The summed E-state index contributed by atoms with van der Waals surface area (Å²) in [5, 5.41) is 11.9. The molecular weight excluding hydrogens is 244 g/mol. The zero-order valence-electron chi connectivity index (χ0n) is 10.8. The summed E-state index contributed by atoms with van der Waals surface area (Å²) in [5.41, 5.74) is 6.72. The van der Waals surface area contributed by atoms with Gasteiger partial charge in [0, 0.05) is 6.54 Å². The average Bonchev–Trinajstić information content (AvgIpc) is 2.41. The van der Waals surface area contributed by atoms with Crippen molar-refractivity contribution in [1.82, 2.24) is 5.32 Å². The minimum atomic E-state index is -0.593. The van der Waals surface area contributed by atoms with E-state index in [9.17, 15) is 4.79 Å². The Labute approximate surface area is 113 Å². The van der Waals surface area contributed by atoms with E-state index in [1.165, 1.54) is 6.26 Å². The summed E-state index contributed by atoms with van der Waals surface area (Å²) < 4.78 is 4.94. The first-order chi connectivity index (χ1) is 9.13. The molecule has 0 spiro atoms. The fourth-order valence-electron chi connectivity index (χ4n) is 1.56. The van der Waals surface area contributed by atoms with Crippen LogP contribution in [0.4, 0.5) is 0 Å². The molecular formula is C14H20N2O3. The van der Waals surface area contributed by atoms with Crippen LogP contribution in [-0.2, 0) is 16.0 Å². The smallest absolute Gasteiger partial charge is 0.237 e. The molecule has 5 nitrogen and oxygen atoms in total. The Bertz CT molecular complexity index is 404. The van der Waals surface area contributed by atoms with Gasteiger partial charge in [-0.2, -0.15) is 0 Å². The van der Waals surface area contributed by atoms with Gasteiger partial charge < -0.3 is 20.9 Å². The van der Waals surface area contributed by atoms with Crippen LogP contribution in [0.15, 0.2) is 37.1 Å². The zero-order chi connectivity index (χ0) is 14.1. The summed E-state index contributed by atoms with van der Waals surface area (Å²) in [6.07, 6.45) is 2.53. The molecule has 1 amide bonds. The van der Waals surface area contributed by atoms with Crippen molar-refractivity contribution in [3.05, 3.63) is 42.7 Å². The number of hydrogen-bond donors (Lipinski definition) is 3. The molecule has 0 aliphatic carbocycles. The molecule has 1 rings (SSSR count). The van der Waals surface area contributed by atoms with Gasteiger partial charge in [-0.15, -0.1) is 0 Å². The normalized spacial score (nSPS) is 11.6. The second-order valence-electron chi connectivity index (χ2n) is 4.16. The van der Waals surface area contributed by atoms with E-state index in [1.54, 1.807) is 24.3 Å². The van der Waals surface area contributed by atoms with Crippen LogP contribution in [0.25, 0.3) is 0 Å². The Balaban J connectivity index is 2.28. The van der Waals surface area contributed by atoms with Gasteiger partial charge in [-0.25, -0.2) is 0 Å². The van der Waals surface area contributed by atoms with Crippen LogP contribution in [0.3, 0.4) is 0 Å². The summed E-state index contributed by atoms with van der Waals surface area (Å²) in [4.78, 5) is 11.7. The Kier molecular flexibility index (Phi) is 6.46. The van der Waals surface area contributed by atoms with Crippen molar-refractivity contribution in [2.24, 2.45) is 5.73 Å². The molecule has 0 heterocycles. The molecule has 0 saturated carbocycles. The maximum Gasteiger partial charge on any atom is 0.237 e. The maximum absolute atomic E-state index is 11.7. The predicted octanol–water partition coefficient (Wildman–Crippen LogP) is 0.928. The Morgan fingerprint density at radius 3 is 2.79 bits per heavy atom. The number of rotatable bonds is 8. The van der Waals surface area contributed by atoms with E-state index < -0.39 is 6.04 Å². The molecule has 0 aromatic heterocycles. The van der Waals surface area contributed by atoms with Gasteiger partial charge in [0.2, 0.25) is 5.91 Å². The molecule has 0 radical (unpaired) electrons. The van der Waals surface area contributed by atoms with Gasteiger partial charge in [0.05, 0.1) is 18.9 Å². The van der Waals surface area contributed by atoms with Crippen LogP contribution < -0.4 is 11.1 Å². The van der Waals surface area contributed by atoms with Crippen LogP contribution in [0.2, 0.25) is 0 Å². The maximum atomic E-state index is 11.7. The number of aromatic hydroxyl groups is 1. The van der Waals surface area contributed by atoms with Crippen LogP contribution in [-0.4, -0.2) is 30.2 Å². The molecule has 5 heteroatoms. The largest absolute Gasteiger partial charge is 0.508 e. The Morgan fingerprint density at radius 2 is 2.16 bits per heavy atom. The molecule has 0 aliphatic heterocycles. The van der Waals surface area contributed by atoms with Gasteiger partial charge in [0.1, 0.15) is 5.75 Å². The minimum Gasteiger partial charge on any atom is -0.508 e. The SMILES string of the molecule is C=COCCCNC(=O)[C@H](N)Cc1ccc(O)cc1. The molecule has 4 N–H and O–H groups in total. The van der Waals surface area contributed by atoms with E-state index in [4.69, 9.17) is 15.6 Å². The lowest BCUT2D eigenvalue weighted by Gasteiger charge is -2.12. The second kappa shape index (κ2) is 8.16. The first kappa shape index (κ1) is 15.0. The lowest BCUT2D eigenvalue weighted by Crippen LogP contribution is -2.42. The quantitative estimate of drug-likeness (QED) is 0.481. The lowest BCUT2D eigenvalue weighted by molar-refractivity contribution is -0.122. The number of phenols is 1. The lowest BCUT2D eigenvalue weighted by atomic mass is 10.1. The van der Waals surface area contributed by atoms with Gasteiger partial charge >= 0.3 is 0 Å². The highest BCUT2D eigenvalue weighted by molar-refractivity contribution is 5.81. The van der Waals surface area contributed by atoms with Crippen LogP contribution in [0.5, 0.6) is 5.75 Å². The Morgan fingerprint density at radius 1 is 1.47 bits per heavy atom. The van der Waals surface area contributed by atoms with Crippen molar-refractivity contribution < 1.29 is 14.6 Å². The fourth-order valence-corrected chi connectivity index (χ4v) is 1.56. The number of amides is 1. The summed E-state index contributed by atoms with van der Waals surface area (Å²) >= 11 is 0. The topological polar surface area (TPSA) is 84.6 Å². The van der Waals surface area contributed by atoms with Crippen molar-refractivity contribution >= 4 is 5.91 Å². The molecule has 0 unspecified atom stereocenters. The average molecular weight is 264 g/mol. The number of carbonyl (C=O) groups is 1. The van der Waals surface area contributed by atoms with Gasteiger partial charge in [-0.1, -0.05) is 18.7 Å². The van der Waals surface area contributed by atoms with Crippen LogP contribution in [0, 0.1) is 0 Å². The first-order valence-electron chi connectivity index (χ1n) is 6.17. The number of nitrogens with one attached hydrogen (secondary N) is 1. The molecule has 0 fully saturated rings. The minimum absolute atomic E-state index is 0.188. The number of nitrogens with two attached hydrogens (primary N) is 1. The third-order valence-electron chi connectivity index (χ3n) is 2.58. The van der Waals surface area contributed by atoms with Crippen molar-refractivity contribution in [1.29, 1.82) is 0 Å². The Hall–Kier alpha value is -2.01. The molecule has 19 heavy (non-hydrogen) atoms. The number of hydrogen-bond acceptors (Lipinski definition) is 4. The van der Waals surface area contributed by atoms with E-state index in [2.05, 4.69) is 11.9 Å². The van der Waals surface area contributed by atoms with Crippen LogP contribution in [0.1, 0.15) is 12.0 Å². The summed E-state index contributed by atoms with van der Waals surface area (Å²) in [7, 11) is 0. The van der Waals surface area contributed by atoms with Gasteiger partial charge in [-0.3, -0.25) is 4.79 Å². The number of carbonyl (C=O) groups excluding carboxylic acids is 1. The number of benzene rings is 1. The first-order valence-corrected chi connectivity index (χ1v) is 6.17. The number of phenolic OH excluding ortho intramolecular Hbond substituents is 1. The van der Waals surface area contributed by atoms with Gasteiger partial charge in [-0.05, 0) is 30.5 Å². The van der Waals surface area contributed by atoms with E-state index in [-0.39, 0.29) is 11.7 Å². The third-order valence-corrected chi connectivity index (χ3v) is 2.58. The highest BCUT2D eigenvalue weighted by atomic mass is 16.5. The van der Waals surface area contributed by atoms with Crippen molar-refractivity contribution in [2.45, 2.75) is 18.9 Å². The molecule has 0 aliphatic rings. The van der Waals surface area contributed by atoms with Gasteiger partial charge in [0.15, 0.2) is 0 Å². The van der Waals surface area contributed by atoms with Crippen molar-refractivity contribution in [2.75, 3.05) is 13.2 Å². The van der Waals surface area contributed by atoms with E-state index in [1.807, 2.05) is 0 Å². The predicted molar refractivity (Wildman–Crippen MR) is 73.6 cm³/mol. The van der Waals surface area contributed by atoms with E-state index in [0.29, 0.717) is 26.0 Å². The van der Waals surface area contributed by atoms with Gasteiger partial charge in [0.25, 0.3) is 0 Å². The molecule has 1 aromatic carbocycles. The highest BCUT2D eigenvalue weighted by Gasteiger charge is 2.13. The third kappa shape index (κ3) is 5.92. The van der Waals surface area contributed by atoms with Crippen molar-refractivity contribution in [3.63, 3.8) is 0 Å². The molecule has 0 saturated heterocycles.